The molecule has 5 nitrogen and oxygen atoms in total. The number of carbonyl (C=O) groups is 1. The van der Waals surface area contributed by atoms with E-state index < -0.39 is 0 Å². The zero-order valence-electron chi connectivity index (χ0n) is 11.4. The number of rotatable bonds is 6. The predicted molar refractivity (Wildman–Crippen MR) is 75.6 cm³/mol. The Morgan fingerprint density at radius 2 is 2.20 bits per heavy atom. The van der Waals surface area contributed by atoms with Crippen LogP contribution in [0.3, 0.4) is 0 Å². The molecule has 0 aliphatic carbocycles. The minimum Gasteiger partial charge on any atom is -0.497 e. The zero-order valence-corrected chi connectivity index (χ0v) is 11.4. The van der Waals surface area contributed by atoms with Crippen LogP contribution in [0.15, 0.2) is 40.8 Å². The van der Waals surface area contributed by atoms with Gasteiger partial charge in [-0.15, -0.1) is 0 Å². The Balaban J connectivity index is 1.84. The van der Waals surface area contributed by atoms with Gasteiger partial charge in [-0.2, -0.15) is 0 Å². The Labute approximate surface area is 117 Å². The standard InChI is InChI=1S/C15H18N2O3/c1-19-12-4-2-3-11(9-12)7-8-17-15(18)14-6-5-13(10-16)20-14/h2-6,9H,7-8,10,16H2,1H3,(H,17,18). The van der Waals surface area contributed by atoms with Crippen molar-refractivity contribution in [1.82, 2.24) is 5.32 Å². The third-order valence-corrected chi connectivity index (χ3v) is 2.92. The van der Waals surface area contributed by atoms with Gasteiger partial charge in [0.25, 0.3) is 5.91 Å². The summed E-state index contributed by atoms with van der Waals surface area (Å²) in [5, 5.41) is 2.81. The van der Waals surface area contributed by atoms with E-state index in [1.54, 1.807) is 19.2 Å². The van der Waals surface area contributed by atoms with E-state index in [9.17, 15) is 4.79 Å². The molecule has 0 unspecified atom stereocenters. The van der Waals surface area contributed by atoms with Gasteiger partial charge in [0.05, 0.1) is 13.7 Å². The van der Waals surface area contributed by atoms with Gasteiger partial charge in [-0.05, 0) is 36.2 Å². The lowest BCUT2D eigenvalue weighted by Crippen LogP contribution is -2.25. The van der Waals surface area contributed by atoms with E-state index in [1.807, 2.05) is 24.3 Å². The van der Waals surface area contributed by atoms with Crippen molar-refractivity contribution < 1.29 is 13.9 Å². The summed E-state index contributed by atoms with van der Waals surface area (Å²) < 4.78 is 10.4. The summed E-state index contributed by atoms with van der Waals surface area (Å²) in [4.78, 5) is 11.8. The monoisotopic (exact) mass is 274 g/mol. The maximum Gasteiger partial charge on any atom is 0.287 e. The van der Waals surface area contributed by atoms with Crippen molar-refractivity contribution in [2.45, 2.75) is 13.0 Å². The van der Waals surface area contributed by atoms with Gasteiger partial charge < -0.3 is 20.2 Å². The molecule has 0 saturated carbocycles. The number of hydrogen-bond donors (Lipinski definition) is 2. The number of amides is 1. The number of ether oxygens (including phenoxy) is 1. The van der Waals surface area contributed by atoms with Crippen molar-refractivity contribution in [2.24, 2.45) is 5.73 Å². The van der Waals surface area contributed by atoms with E-state index in [2.05, 4.69) is 5.32 Å². The molecule has 0 spiro atoms. The van der Waals surface area contributed by atoms with Gasteiger partial charge in [0, 0.05) is 6.54 Å². The molecule has 0 aliphatic rings. The van der Waals surface area contributed by atoms with Crippen molar-refractivity contribution in [3.63, 3.8) is 0 Å². The third kappa shape index (κ3) is 3.61. The Bertz CT molecular complexity index is 578. The molecule has 20 heavy (non-hydrogen) atoms. The van der Waals surface area contributed by atoms with Crippen LogP contribution in [0, 0.1) is 0 Å². The first-order chi connectivity index (χ1) is 9.72. The van der Waals surface area contributed by atoms with Gasteiger partial charge in [0.2, 0.25) is 0 Å². The Kier molecular flexibility index (Phi) is 4.79. The molecule has 1 aromatic heterocycles. The second kappa shape index (κ2) is 6.77. The summed E-state index contributed by atoms with van der Waals surface area (Å²) in [6.07, 6.45) is 0.730. The fourth-order valence-corrected chi connectivity index (χ4v) is 1.85. The van der Waals surface area contributed by atoms with Gasteiger partial charge in [0.1, 0.15) is 11.5 Å². The molecule has 5 heteroatoms. The number of methoxy groups -OCH3 is 1. The highest BCUT2D eigenvalue weighted by molar-refractivity contribution is 5.91. The largest absolute Gasteiger partial charge is 0.497 e. The Hall–Kier alpha value is -2.27. The smallest absolute Gasteiger partial charge is 0.287 e. The average molecular weight is 274 g/mol. The van der Waals surface area contributed by atoms with Crippen LogP contribution in [0.4, 0.5) is 0 Å². The van der Waals surface area contributed by atoms with Crippen LogP contribution in [0.1, 0.15) is 21.9 Å². The lowest BCUT2D eigenvalue weighted by Gasteiger charge is -2.05. The molecule has 106 valence electrons. The number of hydrogen-bond acceptors (Lipinski definition) is 4. The van der Waals surface area contributed by atoms with Crippen LogP contribution in [-0.2, 0) is 13.0 Å². The SMILES string of the molecule is COc1cccc(CCNC(=O)c2ccc(CN)o2)c1. The molecule has 1 heterocycles. The van der Waals surface area contributed by atoms with E-state index in [1.165, 1.54) is 0 Å². The highest BCUT2D eigenvalue weighted by Crippen LogP contribution is 2.12. The lowest BCUT2D eigenvalue weighted by molar-refractivity contribution is 0.0924. The Morgan fingerprint density at radius 1 is 1.35 bits per heavy atom. The molecule has 2 aromatic rings. The second-order valence-corrected chi connectivity index (χ2v) is 4.33. The summed E-state index contributed by atoms with van der Waals surface area (Å²) in [6, 6.07) is 11.1. The van der Waals surface area contributed by atoms with Gasteiger partial charge in [0.15, 0.2) is 5.76 Å². The highest BCUT2D eigenvalue weighted by atomic mass is 16.5. The summed E-state index contributed by atoms with van der Waals surface area (Å²) in [7, 11) is 1.63. The second-order valence-electron chi connectivity index (χ2n) is 4.33. The van der Waals surface area contributed by atoms with E-state index in [-0.39, 0.29) is 18.2 Å². The molecular formula is C15H18N2O3. The molecule has 0 atom stereocenters. The minimum absolute atomic E-state index is 0.229. The fourth-order valence-electron chi connectivity index (χ4n) is 1.85. The molecule has 0 radical (unpaired) electrons. The summed E-state index contributed by atoms with van der Waals surface area (Å²) >= 11 is 0. The first kappa shape index (κ1) is 14.1. The quantitative estimate of drug-likeness (QED) is 0.840. The number of nitrogens with one attached hydrogen (secondary N) is 1. The van der Waals surface area contributed by atoms with E-state index in [0.717, 1.165) is 17.7 Å². The maximum atomic E-state index is 11.8. The molecule has 0 saturated heterocycles. The maximum absolute atomic E-state index is 11.8. The summed E-state index contributed by atoms with van der Waals surface area (Å²) in [5.74, 6) is 1.47. The van der Waals surface area contributed by atoms with E-state index in [4.69, 9.17) is 14.9 Å². The van der Waals surface area contributed by atoms with Crippen molar-refractivity contribution in [1.29, 1.82) is 0 Å². The third-order valence-electron chi connectivity index (χ3n) is 2.92. The number of furan rings is 1. The van der Waals surface area contributed by atoms with E-state index >= 15 is 0 Å². The summed E-state index contributed by atoms with van der Waals surface area (Å²) in [6.45, 7) is 0.821. The topological polar surface area (TPSA) is 77.5 Å². The first-order valence-electron chi connectivity index (χ1n) is 6.43. The molecule has 3 N–H and O–H groups in total. The fraction of sp³-hybridized carbons (Fsp3) is 0.267. The van der Waals surface area contributed by atoms with Crippen LogP contribution in [0.25, 0.3) is 0 Å². The van der Waals surface area contributed by atoms with Crippen molar-refractivity contribution in [3.8, 4) is 5.75 Å². The number of benzene rings is 1. The number of nitrogens with two attached hydrogens (primary N) is 1. The van der Waals surface area contributed by atoms with Crippen molar-refractivity contribution >= 4 is 5.91 Å². The van der Waals surface area contributed by atoms with Gasteiger partial charge in [-0.25, -0.2) is 0 Å². The minimum atomic E-state index is -0.229. The molecule has 0 bridgehead atoms. The highest BCUT2D eigenvalue weighted by Gasteiger charge is 2.09. The molecule has 1 aromatic carbocycles. The van der Waals surface area contributed by atoms with E-state index in [0.29, 0.717) is 12.3 Å². The number of carbonyl (C=O) groups excluding carboxylic acids is 1. The van der Waals surface area contributed by atoms with Gasteiger partial charge >= 0.3 is 0 Å². The van der Waals surface area contributed by atoms with Crippen LogP contribution in [0.5, 0.6) is 5.75 Å². The van der Waals surface area contributed by atoms with Crippen LogP contribution >= 0.6 is 0 Å². The van der Waals surface area contributed by atoms with Crippen LogP contribution in [-0.4, -0.2) is 19.6 Å². The molecule has 1 amide bonds. The van der Waals surface area contributed by atoms with Crippen molar-refractivity contribution in [3.05, 3.63) is 53.5 Å². The zero-order chi connectivity index (χ0) is 14.4. The predicted octanol–water partition coefficient (Wildman–Crippen LogP) is 1.72. The van der Waals surface area contributed by atoms with Gasteiger partial charge in [-0.1, -0.05) is 12.1 Å². The molecule has 0 aliphatic heterocycles. The first-order valence-corrected chi connectivity index (χ1v) is 6.43. The van der Waals surface area contributed by atoms with Crippen LogP contribution in [0.2, 0.25) is 0 Å². The average Bonchev–Trinajstić information content (AvgIpc) is 2.96. The summed E-state index contributed by atoms with van der Waals surface area (Å²) in [5.41, 5.74) is 6.53. The molecule has 2 rings (SSSR count). The normalized spacial score (nSPS) is 10.3. The molecular weight excluding hydrogens is 256 g/mol. The Morgan fingerprint density at radius 3 is 2.90 bits per heavy atom. The van der Waals surface area contributed by atoms with Gasteiger partial charge in [-0.3, -0.25) is 4.79 Å². The van der Waals surface area contributed by atoms with Crippen molar-refractivity contribution in [2.75, 3.05) is 13.7 Å². The lowest BCUT2D eigenvalue weighted by atomic mass is 10.1. The van der Waals surface area contributed by atoms with Crippen LogP contribution < -0.4 is 15.8 Å². The molecule has 0 fully saturated rings.